The van der Waals surface area contributed by atoms with E-state index in [2.05, 4.69) is 15.5 Å². The van der Waals surface area contributed by atoms with Crippen molar-refractivity contribution in [2.45, 2.75) is 4.90 Å². The summed E-state index contributed by atoms with van der Waals surface area (Å²) in [5, 5.41) is 20.3. The third-order valence-electron chi connectivity index (χ3n) is 5.28. The molecule has 1 heterocycles. The number of primary sulfonamides is 1. The largest absolute Gasteiger partial charge is 0.411 e. The minimum Gasteiger partial charge on any atom is -0.411 e. The number of aromatic nitrogens is 1. The minimum absolute atomic E-state index is 0.0149. The molecule has 1 amide bonds. The predicted molar refractivity (Wildman–Crippen MR) is 135 cm³/mol. The van der Waals surface area contributed by atoms with Crippen LogP contribution < -0.4 is 16.2 Å². The van der Waals surface area contributed by atoms with E-state index in [1.807, 2.05) is 0 Å². The van der Waals surface area contributed by atoms with Gasteiger partial charge in [0.2, 0.25) is 10.0 Å². The van der Waals surface area contributed by atoms with Gasteiger partial charge in [0, 0.05) is 34.3 Å². The Labute approximate surface area is 201 Å². The number of hydrogen-bond acceptors (Lipinski definition) is 7. The van der Waals surface area contributed by atoms with Gasteiger partial charge in [-0.25, -0.2) is 13.6 Å². The summed E-state index contributed by atoms with van der Waals surface area (Å²) in [5.74, 6) is -0.417. The van der Waals surface area contributed by atoms with Crippen LogP contribution in [-0.4, -0.2) is 30.7 Å². The first-order valence-corrected chi connectivity index (χ1v) is 11.9. The maximum atomic E-state index is 13.1. The van der Waals surface area contributed by atoms with Gasteiger partial charge in [0.05, 0.1) is 22.4 Å². The molecule has 4 rings (SSSR count). The van der Waals surface area contributed by atoms with Crippen LogP contribution in [0.15, 0.2) is 95.1 Å². The topological polar surface area (TPSA) is 161 Å². The third-order valence-corrected chi connectivity index (χ3v) is 6.25. The van der Waals surface area contributed by atoms with Crippen molar-refractivity contribution in [2.75, 3.05) is 11.1 Å². The zero-order valence-electron chi connectivity index (χ0n) is 18.3. The molecule has 9 nitrogen and oxygen atoms in total. The molecule has 0 saturated carbocycles. The molecule has 0 aliphatic heterocycles. The average Bonchev–Trinajstić information content (AvgIpc) is 2.85. The van der Waals surface area contributed by atoms with Gasteiger partial charge in [-0.05, 0) is 42.0 Å². The van der Waals surface area contributed by atoms with E-state index < -0.39 is 15.9 Å². The number of nitrogen functional groups attached to an aromatic ring is 1. The number of carbonyl (C=O) groups is 1. The van der Waals surface area contributed by atoms with Crippen LogP contribution in [0.5, 0.6) is 0 Å². The van der Waals surface area contributed by atoms with Crippen molar-refractivity contribution in [3.63, 3.8) is 0 Å². The van der Waals surface area contributed by atoms with E-state index >= 15 is 0 Å². The molecule has 176 valence electrons. The average molecular weight is 488 g/mol. The maximum absolute atomic E-state index is 13.1. The molecular formula is C25H21N5O4S. The third kappa shape index (κ3) is 5.03. The summed E-state index contributed by atoms with van der Waals surface area (Å²) in [5.41, 5.74) is 9.58. The monoisotopic (exact) mass is 487 g/mol. The molecule has 0 spiro atoms. The smallest absolute Gasteiger partial charge is 0.257 e. The molecule has 6 N–H and O–H groups in total. The Bertz CT molecular complexity index is 1530. The van der Waals surface area contributed by atoms with E-state index in [9.17, 15) is 13.2 Å². The maximum Gasteiger partial charge on any atom is 0.257 e. The SMILES string of the molecule is Nc1cccc(-c2ncccc2C(=O)Nc2ccc(-c3ccccc3S(N)(=O)=O)cc2)c1C=NO. The molecule has 4 aromatic rings. The van der Waals surface area contributed by atoms with Crippen LogP contribution in [0.3, 0.4) is 0 Å². The molecule has 1 aromatic heterocycles. The number of anilines is 2. The van der Waals surface area contributed by atoms with Crippen LogP contribution in [0.25, 0.3) is 22.4 Å². The Hall–Kier alpha value is -4.54. The van der Waals surface area contributed by atoms with E-state index in [-0.39, 0.29) is 10.5 Å². The summed E-state index contributed by atoms with van der Waals surface area (Å²) in [6.07, 6.45) is 2.74. The van der Waals surface area contributed by atoms with Gasteiger partial charge in [0.15, 0.2) is 0 Å². The quantitative estimate of drug-likeness (QED) is 0.140. The number of sulfonamides is 1. The number of hydrogen-bond donors (Lipinski definition) is 4. The van der Waals surface area contributed by atoms with Crippen molar-refractivity contribution in [1.82, 2.24) is 4.98 Å². The zero-order valence-corrected chi connectivity index (χ0v) is 19.1. The Morgan fingerprint density at radius 3 is 2.37 bits per heavy atom. The normalized spacial score (nSPS) is 11.5. The Morgan fingerprint density at radius 1 is 0.943 bits per heavy atom. The fraction of sp³-hybridized carbons (Fsp3) is 0. The zero-order chi connectivity index (χ0) is 25.0. The second-order valence-electron chi connectivity index (χ2n) is 7.53. The van der Waals surface area contributed by atoms with E-state index in [1.165, 1.54) is 12.3 Å². The fourth-order valence-electron chi connectivity index (χ4n) is 3.68. The van der Waals surface area contributed by atoms with E-state index in [0.29, 0.717) is 39.3 Å². The number of rotatable bonds is 6. The summed E-state index contributed by atoms with van der Waals surface area (Å²) < 4.78 is 23.8. The van der Waals surface area contributed by atoms with E-state index in [1.54, 1.807) is 79.0 Å². The van der Waals surface area contributed by atoms with Crippen LogP contribution in [-0.2, 0) is 10.0 Å². The number of pyridine rings is 1. The Balaban J connectivity index is 1.65. The summed E-state index contributed by atoms with van der Waals surface area (Å²) >= 11 is 0. The second-order valence-corrected chi connectivity index (χ2v) is 9.06. The molecule has 10 heteroatoms. The molecular weight excluding hydrogens is 466 g/mol. The van der Waals surface area contributed by atoms with Gasteiger partial charge in [-0.15, -0.1) is 0 Å². The lowest BCUT2D eigenvalue weighted by atomic mass is 9.99. The number of amides is 1. The lowest BCUT2D eigenvalue weighted by Gasteiger charge is -2.13. The summed E-state index contributed by atoms with van der Waals surface area (Å²) in [4.78, 5) is 17.5. The highest BCUT2D eigenvalue weighted by Crippen LogP contribution is 2.30. The van der Waals surface area contributed by atoms with Gasteiger partial charge in [-0.1, -0.05) is 47.6 Å². The van der Waals surface area contributed by atoms with Crippen LogP contribution in [0.1, 0.15) is 15.9 Å². The number of nitrogens with one attached hydrogen (secondary N) is 1. The van der Waals surface area contributed by atoms with Crippen molar-refractivity contribution >= 4 is 33.5 Å². The van der Waals surface area contributed by atoms with Gasteiger partial charge < -0.3 is 16.3 Å². The highest BCUT2D eigenvalue weighted by atomic mass is 32.2. The van der Waals surface area contributed by atoms with Crippen LogP contribution in [0.2, 0.25) is 0 Å². The summed E-state index contributed by atoms with van der Waals surface area (Å²) in [6, 6.07) is 21.5. The second kappa shape index (κ2) is 9.75. The standard InChI is InChI=1S/C25H21N5O4S/c26-22-8-3-6-19(21(22)15-29-32)24-20(7-4-14-28-24)25(31)30-17-12-10-16(11-13-17)18-5-1-2-9-23(18)35(27,33)34/h1-15,32H,26H2,(H,30,31)(H2,27,33,34). The lowest BCUT2D eigenvalue weighted by molar-refractivity contribution is 0.102. The number of carbonyl (C=O) groups excluding carboxylic acids is 1. The highest BCUT2D eigenvalue weighted by Gasteiger charge is 2.18. The van der Waals surface area contributed by atoms with Crippen molar-refractivity contribution in [3.05, 3.63) is 96.2 Å². The first-order chi connectivity index (χ1) is 16.8. The lowest BCUT2D eigenvalue weighted by Crippen LogP contribution is -2.14. The first-order valence-electron chi connectivity index (χ1n) is 10.3. The first kappa shape index (κ1) is 23.6. The predicted octanol–water partition coefficient (Wildman–Crippen LogP) is 3.71. The van der Waals surface area contributed by atoms with Crippen molar-refractivity contribution in [2.24, 2.45) is 10.3 Å². The molecule has 0 bridgehead atoms. The highest BCUT2D eigenvalue weighted by molar-refractivity contribution is 7.89. The number of nitrogens with two attached hydrogens (primary N) is 2. The number of benzene rings is 3. The van der Waals surface area contributed by atoms with Gasteiger partial charge in [-0.3, -0.25) is 9.78 Å². The Morgan fingerprint density at radius 2 is 1.66 bits per heavy atom. The molecule has 3 aromatic carbocycles. The molecule has 0 aliphatic carbocycles. The number of nitrogens with zero attached hydrogens (tertiary/aromatic N) is 2. The summed E-state index contributed by atoms with van der Waals surface area (Å²) in [7, 11) is -3.90. The van der Waals surface area contributed by atoms with E-state index in [0.717, 1.165) is 0 Å². The van der Waals surface area contributed by atoms with Crippen LogP contribution in [0.4, 0.5) is 11.4 Å². The van der Waals surface area contributed by atoms with Gasteiger partial charge >= 0.3 is 0 Å². The van der Waals surface area contributed by atoms with Gasteiger partial charge in [0.25, 0.3) is 5.91 Å². The molecule has 35 heavy (non-hydrogen) atoms. The fourth-order valence-corrected chi connectivity index (χ4v) is 4.44. The van der Waals surface area contributed by atoms with Crippen LogP contribution in [0, 0.1) is 0 Å². The van der Waals surface area contributed by atoms with E-state index in [4.69, 9.17) is 16.1 Å². The van der Waals surface area contributed by atoms with Crippen molar-refractivity contribution < 1.29 is 18.4 Å². The van der Waals surface area contributed by atoms with Crippen LogP contribution >= 0.6 is 0 Å². The van der Waals surface area contributed by atoms with Crippen molar-refractivity contribution in [1.29, 1.82) is 0 Å². The molecule has 0 atom stereocenters. The number of oxime groups is 1. The molecule has 0 fully saturated rings. The minimum atomic E-state index is -3.90. The molecule has 0 radical (unpaired) electrons. The van der Waals surface area contributed by atoms with Crippen molar-refractivity contribution in [3.8, 4) is 22.4 Å². The van der Waals surface area contributed by atoms with Gasteiger partial charge in [0.1, 0.15) is 0 Å². The Kier molecular flexibility index (Phi) is 6.58. The molecule has 0 saturated heterocycles. The molecule has 0 unspecified atom stereocenters. The summed E-state index contributed by atoms with van der Waals surface area (Å²) in [6.45, 7) is 0. The van der Waals surface area contributed by atoms with Gasteiger partial charge in [-0.2, -0.15) is 0 Å². The molecule has 0 aliphatic rings.